The number of esters is 1. The first-order valence-corrected chi connectivity index (χ1v) is 7.61. The molecule has 1 unspecified atom stereocenters. The highest BCUT2D eigenvalue weighted by molar-refractivity contribution is 7.89. The van der Waals surface area contributed by atoms with Crippen molar-refractivity contribution in [1.82, 2.24) is 4.72 Å². The number of carbonyl (C=O) groups is 1. The van der Waals surface area contributed by atoms with Crippen LogP contribution in [0.4, 0.5) is 0 Å². The molecule has 20 heavy (non-hydrogen) atoms. The maximum atomic E-state index is 12.1. The van der Waals surface area contributed by atoms with Crippen LogP contribution in [-0.2, 0) is 19.6 Å². The van der Waals surface area contributed by atoms with Gasteiger partial charge in [0.1, 0.15) is 6.04 Å². The van der Waals surface area contributed by atoms with Gasteiger partial charge in [0.2, 0.25) is 10.0 Å². The molecule has 1 aromatic carbocycles. The van der Waals surface area contributed by atoms with E-state index in [0.717, 1.165) is 12.7 Å². The largest absolute Gasteiger partial charge is 0.468 e. The molecule has 0 fully saturated rings. The molecule has 0 bridgehead atoms. The standard InChI is InChI=1S/C13H19NO5S/c1-9(2)10-4-6-11(7-5-10)20(17,18)14-12(8-15)13(16)19-3/h4-7,9,12,14-15H,8H2,1-3H3. The van der Waals surface area contributed by atoms with Crippen LogP contribution in [0, 0.1) is 0 Å². The topological polar surface area (TPSA) is 92.7 Å². The van der Waals surface area contributed by atoms with Crippen molar-refractivity contribution < 1.29 is 23.1 Å². The van der Waals surface area contributed by atoms with E-state index in [4.69, 9.17) is 5.11 Å². The molecule has 7 heteroatoms. The Bertz CT molecular complexity index is 551. The highest BCUT2D eigenvalue weighted by Gasteiger charge is 2.25. The first-order chi connectivity index (χ1) is 9.31. The van der Waals surface area contributed by atoms with Gasteiger partial charge >= 0.3 is 5.97 Å². The number of aliphatic hydroxyl groups excluding tert-OH is 1. The summed E-state index contributed by atoms with van der Waals surface area (Å²) in [5.74, 6) is -0.546. The van der Waals surface area contributed by atoms with Crippen LogP contribution >= 0.6 is 0 Å². The average molecular weight is 301 g/mol. The summed E-state index contributed by atoms with van der Waals surface area (Å²) in [6.45, 7) is 3.33. The summed E-state index contributed by atoms with van der Waals surface area (Å²) in [6.07, 6.45) is 0. The van der Waals surface area contributed by atoms with Gasteiger partial charge in [-0.05, 0) is 23.6 Å². The number of rotatable bonds is 6. The van der Waals surface area contributed by atoms with E-state index in [2.05, 4.69) is 9.46 Å². The van der Waals surface area contributed by atoms with Crippen molar-refractivity contribution in [1.29, 1.82) is 0 Å². The van der Waals surface area contributed by atoms with E-state index in [9.17, 15) is 13.2 Å². The molecule has 2 N–H and O–H groups in total. The molecule has 1 atom stereocenters. The number of aliphatic hydroxyl groups is 1. The van der Waals surface area contributed by atoms with Crippen molar-refractivity contribution in [2.45, 2.75) is 30.7 Å². The first-order valence-electron chi connectivity index (χ1n) is 6.12. The molecule has 0 saturated carbocycles. The normalized spacial score (nSPS) is 13.2. The summed E-state index contributed by atoms with van der Waals surface area (Å²) in [5.41, 5.74) is 1.01. The SMILES string of the molecule is COC(=O)C(CO)NS(=O)(=O)c1ccc(C(C)C)cc1. The van der Waals surface area contributed by atoms with E-state index in [1.54, 1.807) is 12.1 Å². The summed E-state index contributed by atoms with van der Waals surface area (Å²) in [6, 6.07) is 5.04. The Morgan fingerprint density at radius 1 is 1.30 bits per heavy atom. The number of methoxy groups -OCH3 is 1. The molecular formula is C13H19NO5S. The van der Waals surface area contributed by atoms with Crippen LogP contribution in [0.3, 0.4) is 0 Å². The maximum absolute atomic E-state index is 12.1. The molecule has 0 aliphatic carbocycles. The zero-order valence-electron chi connectivity index (χ0n) is 11.7. The van der Waals surface area contributed by atoms with Gasteiger partial charge in [-0.1, -0.05) is 26.0 Å². The smallest absolute Gasteiger partial charge is 0.326 e. The lowest BCUT2D eigenvalue weighted by Gasteiger charge is -2.14. The second-order valence-electron chi connectivity index (χ2n) is 4.60. The Hall–Kier alpha value is -1.44. The van der Waals surface area contributed by atoms with Crippen molar-refractivity contribution in [2.24, 2.45) is 0 Å². The molecule has 6 nitrogen and oxygen atoms in total. The number of hydrogen-bond acceptors (Lipinski definition) is 5. The third-order valence-corrected chi connectivity index (χ3v) is 4.31. The Morgan fingerprint density at radius 2 is 1.85 bits per heavy atom. The third-order valence-electron chi connectivity index (χ3n) is 2.82. The molecule has 0 spiro atoms. The van der Waals surface area contributed by atoms with Crippen molar-refractivity contribution in [3.05, 3.63) is 29.8 Å². The number of nitrogens with one attached hydrogen (secondary N) is 1. The average Bonchev–Trinajstić information content (AvgIpc) is 2.44. The van der Waals surface area contributed by atoms with Gasteiger partial charge in [-0.3, -0.25) is 4.79 Å². The number of ether oxygens (including phenoxy) is 1. The Labute approximate surface area is 118 Å². The second kappa shape index (κ2) is 6.83. The fraction of sp³-hybridized carbons (Fsp3) is 0.462. The van der Waals surface area contributed by atoms with Crippen LogP contribution in [0.5, 0.6) is 0 Å². The lowest BCUT2D eigenvalue weighted by Crippen LogP contribution is -2.43. The third kappa shape index (κ3) is 4.03. The van der Waals surface area contributed by atoms with E-state index >= 15 is 0 Å². The Morgan fingerprint density at radius 3 is 2.25 bits per heavy atom. The molecule has 1 rings (SSSR count). The predicted molar refractivity (Wildman–Crippen MR) is 73.7 cm³/mol. The van der Waals surface area contributed by atoms with Crippen LogP contribution in [0.2, 0.25) is 0 Å². The molecule has 112 valence electrons. The van der Waals surface area contributed by atoms with Gasteiger partial charge in [-0.15, -0.1) is 0 Å². The molecule has 0 aliphatic rings. The second-order valence-corrected chi connectivity index (χ2v) is 6.32. The maximum Gasteiger partial charge on any atom is 0.326 e. The molecule has 1 aromatic rings. The summed E-state index contributed by atoms with van der Waals surface area (Å²) in [4.78, 5) is 11.3. The van der Waals surface area contributed by atoms with Crippen LogP contribution < -0.4 is 4.72 Å². The highest BCUT2D eigenvalue weighted by Crippen LogP contribution is 2.17. The monoisotopic (exact) mass is 301 g/mol. The molecule has 0 amide bonds. The number of sulfonamides is 1. The quantitative estimate of drug-likeness (QED) is 0.752. The fourth-order valence-corrected chi connectivity index (χ4v) is 2.77. The number of benzene rings is 1. The number of carbonyl (C=O) groups excluding carboxylic acids is 1. The van der Waals surface area contributed by atoms with Gasteiger partial charge < -0.3 is 9.84 Å². The van der Waals surface area contributed by atoms with Crippen LogP contribution in [-0.4, -0.2) is 39.3 Å². The van der Waals surface area contributed by atoms with Crippen LogP contribution in [0.25, 0.3) is 0 Å². The van der Waals surface area contributed by atoms with E-state index in [0.29, 0.717) is 5.92 Å². The molecule has 0 saturated heterocycles. The highest BCUT2D eigenvalue weighted by atomic mass is 32.2. The number of hydrogen-bond donors (Lipinski definition) is 2. The molecule has 0 aliphatic heterocycles. The lowest BCUT2D eigenvalue weighted by atomic mass is 10.0. The lowest BCUT2D eigenvalue weighted by molar-refractivity contribution is -0.143. The van der Waals surface area contributed by atoms with Gasteiger partial charge in [-0.2, -0.15) is 4.72 Å². The summed E-state index contributed by atoms with van der Waals surface area (Å²) in [7, 11) is -2.76. The molecule has 0 aromatic heterocycles. The van der Waals surface area contributed by atoms with Crippen molar-refractivity contribution in [3.8, 4) is 0 Å². The van der Waals surface area contributed by atoms with Crippen molar-refractivity contribution in [2.75, 3.05) is 13.7 Å². The van der Waals surface area contributed by atoms with Gasteiger partial charge in [0.15, 0.2) is 0 Å². The Kier molecular flexibility index (Phi) is 5.67. The van der Waals surface area contributed by atoms with Gasteiger partial charge in [0.05, 0.1) is 18.6 Å². The van der Waals surface area contributed by atoms with E-state index in [-0.39, 0.29) is 4.90 Å². The predicted octanol–water partition coefficient (Wildman–Crippen LogP) is 0.622. The zero-order valence-corrected chi connectivity index (χ0v) is 12.5. The van der Waals surface area contributed by atoms with E-state index < -0.39 is 28.6 Å². The van der Waals surface area contributed by atoms with Crippen LogP contribution in [0.15, 0.2) is 29.2 Å². The minimum absolute atomic E-state index is 0.0317. The zero-order chi connectivity index (χ0) is 15.3. The summed E-state index contributed by atoms with van der Waals surface area (Å²) in [5, 5.41) is 9.03. The van der Waals surface area contributed by atoms with E-state index in [1.165, 1.54) is 12.1 Å². The van der Waals surface area contributed by atoms with Gasteiger partial charge in [-0.25, -0.2) is 8.42 Å². The Balaban J connectivity index is 2.95. The molecule has 0 radical (unpaired) electrons. The van der Waals surface area contributed by atoms with Gasteiger partial charge in [0.25, 0.3) is 0 Å². The first kappa shape index (κ1) is 16.6. The van der Waals surface area contributed by atoms with Crippen molar-refractivity contribution >= 4 is 16.0 Å². The fourth-order valence-electron chi connectivity index (χ4n) is 1.59. The van der Waals surface area contributed by atoms with E-state index in [1.807, 2.05) is 13.8 Å². The molecular weight excluding hydrogens is 282 g/mol. The van der Waals surface area contributed by atoms with Gasteiger partial charge in [0, 0.05) is 0 Å². The van der Waals surface area contributed by atoms with Crippen molar-refractivity contribution in [3.63, 3.8) is 0 Å². The minimum atomic E-state index is -3.88. The minimum Gasteiger partial charge on any atom is -0.468 e. The summed E-state index contributed by atoms with van der Waals surface area (Å²) < 4.78 is 30.7. The van der Waals surface area contributed by atoms with Crippen LogP contribution in [0.1, 0.15) is 25.3 Å². The molecule has 0 heterocycles. The summed E-state index contributed by atoms with van der Waals surface area (Å²) >= 11 is 0.